The van der Waals surface area contributed by atoms with Gasteiger partial charge >= 0.3 is 0 Å². The van der Waals surface area contributed by atoms with E-state index in [0.29, 0.717) is 11.8 Å². The van der Waals surface area contributed by atoms with Crippen LogP contribution in [-0.4, -0.2) is 6.29 Å². The molecule has 0 aliphatic heterocycles. The number of carbonyl (C=O) groups is 1. The summed E-state index contributed by atoms with van der Waals surface area (Å²) in [4.78, 5) is 10.1. The monoisotopic (exact) mass is 167 g/mol. The minimum atomic E-state index is 0.526. The molecule has 0 bridgehead atoms. The van der Waals surface area contributed by atoms with Crippen LogP contribution in [0.25, 0.3) is 0 Å². The van der Waals surface area contributed by atoms with Gasteiger partial charge in [-0.2, -0.15) is 0 Å². The molecule has 0 radical (unpaired) electrons. The van der Waals surface area contributed by atoms with Gasteiger partial charge in [0.15, 0.2) is 0 Å². The minimum Gasteiger partial charge on any atom is -0.303 e. The quantitative estimate of drug-likeness (QED) is 0.351. The van der Waals surface area contributed by atoms with Crippen LogP contribution in [0.2, 0.25) is 0 Å². The molecule has 1 nitrogen and oxygen atoms in total. The molecule has 1 aliphatic carbocycles. The van der Waals surface area contributed by atoms with Gasteiger partial charge in [0.1, 0.15) is 6.29 Å². The average Bonchev–Trinajstić information content (AvgIpc) is 2.03. The molecule has 0 saturated heterocycles. The van der Waals surface area contributed by atoms with Crippen LogP contribution in [0.4, 0.5) is 0 Å². The standard InChI is InChI=1S/C11H18O/c1-11(2)7-5-10(6-8-11)4-3-9-12/h4,9H,3,5-8H2,1-2H3/i9+1. The van der Waals surface area contributed by atoms with Gasteiger partial charge in [0.05, 0.1) is 0 Å². The van der Waals surface area contributed by atoms with Crippen LogP contribution < -0.4 is 0 Å². The molecule has 0 aromatic rings. The Morgan fingerprint density at radius 1 is 1.33 bits per heavy atom. The van der Waals surface area contributed by atoms with Crippen molar-refractivity contribution in [2.75, 3.05) is 0 Å². The first-order valence-corrected chi connectivity index (χ1v) is 4.76. The summed E-state index contributed by atoms with van der Waals surface area (Å²) in [5.41, 5.74) is 2.01. The molecule has 0 N–H and O–H groups in total. The van der Waals surface area contributed by atoms with E-state index in [-0.39, 0.29) is 0 Å². The molecule has 12 heavy (non-hydrogen) atoms. The van der Waals surface area contributed by atoms with Crippen molar-refractivity contribution in [1.29, 1.82) is 0 Å². The fourth-order valence-electron chi connectivity index (χ4n) is 1.67. The smallest absolute Gasteiger partial charge is 0.123 e. The largest absolute Gasteiger partial charge is 0.303 e. The van der Waals surface area contributed by atoms with Gasteiger partial charge in [-0.25, -0.2) is 0 Å². The number of rotatable bonds is 2. The molecular weight excluding hydrogens is 149 g/mol. The molecule has 0 unspecified atom stereocenters. The van der Waals surface area contributed by atoms with Gasteiger partial charge in [-0.1, -0.05) is 25.5 Å². The second-order valence-corrected chi connectivity index (χ2v) is 4.43. The second-order valence-electron chi connectivity index (χ2n) is 4.43. The Hall–Kier alpha value is -0.590. The summed E-state index contributed by atoms with van der Waals surface area (Å²) in [5.74, 6) is 0. The van der Waals surface area contributed by atoms with E-state index in [1.807, 2.05) is 0 Å². The van der Waals surface area contributed by atoms with E-state index in [1.165, 1.54) is 31.3 Å². The zero-order valence-electron chi connectivity index (χ0n) is 8.10. The van der Waals surface area contributed by atoms with Crippen LogP contribution in [-0.2, 0) is 4.79 Å². The lowest BCUT2D eigenvalue weighted by molar-refractivity contribution is -0.107. The van der Waals surface area contributed by atoms with Crippen molar-refractivity contribution in [3.05, 3.63) is 11.6 Å². The molecule has 1 saturated carbocycles. The van der Waals surface area contributed by atoms with Crippen molar-refractivity contribution in [1.82, 2.24) is 0 Å². The third-order valence-electron chi connectivity index (χ3n) is 2.75. The number of carbonyl (C=O) groups excluding carboxylic acids is 1. The summed E-state index contributed by atoms with van der Waals surface area (Å²) < 4.78 is 0. The van der Waals surface area contributed by atoms with E-state index >= 15 is 0 Å². The van der Waals surface area contributed by atoms with Gasteiger partial charge in [-0.05, 0) is 31.1 Å². The Labute approximate surface area is 74.9 Å². The fraction of sp³-hybridized carbons (Fsp3) is 0.727. The summed E-state index contributed by atoms with van der Waals surface area (Å²) in [7, 11) is 0. The van der Waals surface area contributed by atoms with Crippen molar-refractivity contribution < 1.29 is 4.79 Å². The van der Waals surface area contributed by atoms with E-state index in [4.69, 9.17) is 0 Å². The first-order valence-electron chi connectivity index (χ1n) is 4.76. The molecule has 1 rings (SSSR count). The molecule has 1 aliphatic rings. The molecule has 1 fully saturated rings. The van der Waals surface area contributed by atoms with Crippen LogP contribution in [0.5, 0.6) is 0 Å². The maximum Gasteiger partial charge on any atom is 0.123 e. The summed E-state index contributed by atoms with van der Waals surface area (Å²) in [6, 6.07) is 0. The Morgan fingerprint density at radius 2 is 1.92 bits per heavy atom. The van der Waals surface area contributed by atoms with Crippen LogP contribution in [0.15, 0.2) is 11.6 Å². The van der Waals surface area contributed by atoms with Gasteiger partial charge in [0, 0.05) is 6.42 Å². The Bertz CT molecular complexity index is 177. The molecule has 0 aromatic carbocycles. The molecule has 68 valence electrons. The SMILES string of the molecule is CC1(C)CCC(=CC[13CH]=O)CC1. The Balaban J connectivity index is 2.40. The van der Waals surface area contributed by atoms with Gasteiger partial charge in [-0.3, -0.25) is 0 Å². The van der Waals surface area contributed by atoms with Crippen molar-refractivity contribution in [2.24, 2.45) is 5.41 Å². The summed E-state index contributed by atoms with van der Waals surface area (Å²) in [6.45, 7) is 4.65. The minimum absolute atomic E-state index is 0.526. The number of allylic oxidation sites excluding steroid dienone is 2. The maximum absolute atomic E-state index is 10.1. The zero-order chi connectivity index (χ0) is 9.03. The van der Waals surface area contributed by atoms with E-state index < -0.39 is 0 Å². The molecule has 0 aromatic heterocycles. The third kappa shape index (κ3) is 2.80. The van der Waals surface area contributed by atoms with Crippen LogP contribution in [0.3, 0.4) is 0 Å². The molecule has 1 heteroatoms. The Kier molecular flexibility index (Phi) is 3.07. The highest BCUT2D eigenvalue weighted by molar-refractivity contribution is 5.52. The van der Waals surface area contributed by atoms with Crippen molar-refractivity contribution in [2.45, 2.75) is 46.0 Å². The summed E-state index contributed by atoms with van der Waals surface area (Å²) in [5, 5.41) is 0. The molecular formula is C11H18O. The highest BCUT2D eigenvalue weighted by Crippen LogP contribution is 2.37. The van der Waals surface area contributed by atoms with Gasteiger partial charge in [0.2, 0.25) is 0 Å². The zero-order valence-corrected chi connectivity index (χ0v) is 8.10. The first kappa shape index (κ1) is 9.50. The van der Waals surface area contributed by atoms with Crippen molar-refractivity contribution >= 4 is 6.29 Å². The Morgan fingerprint density at radius 3 is 2.42 bits per heavy atom. The maximum atomic E-state index is 10.1. The molecule has 0 heterocycles. The van der Waals surface area contributed by atoms with E-state index in [0.717, 1.165) is 6.29 Å². The highest BCUT2D eigenvalue weighted by atomic mass is 16.2. The lowest BCUT2D eigenvalue weighted by Gasteiger charge is -2.30. The number of aldehydes is 1. The average molecular weight is 167 g/mol. The van der Waals surface area contributed by atoms with E-state index in [2.05, 4.69) is 19.9 Å². The van der Waals surface area contributed by atoms with Crippen LogP contribution in [0, 0.1) is 5.41 Å². The lowest BCUT2D eigenvalue weighted by Crippen LogP contribution is -2.16. The topological polar surface area (TPSA) is 17.1 Å². The number of hydrogen-bond donors (Lipinski definition) is 0. The van der Waals surface area contributed by atoms with Crippen molar-refractivity contribution in [3.63, 3.8) is 0 Å². The predicted octanol–water partition coefficient (Wildman–Crippen LogP) is 3.10. The van der Waals surface area contributed by atoms with Crippen LogP contribution >= 0.6 is 0 Å². The predicted molar refractivity (Wildman–Crippen MR) is 51.0 cm³/mol. The first-order chi connectivity index (χ1) is 5.64. The van der Waals surface area contributed by atoms with Crippen molar-refractivity contribution in [3.8, 4) is 0 Å². The van der Waals surface area contributed by atoms with Gasteiger partial charge in [-0.15, -0.1) is 0 Å². The summed E-state index contributed by atoms with van der Waals surface area (Å²) >= 11 is 0. The normalized spacial score (nSPS) is 22.0. The fourth-order valence-corrected chi connectivity index (χ4v) is 1.67. The van der Waals surface area contributed by atoms with Gasteiger partial charge < -0.3 is 4.79 Å². The van der Waals surface area contributed by atoms with E-state index in [1.54, 1.807) is 0 Å². The highest BCUT2D eigenvalue weighted by Gasteiger charge is 2.22. The number of hydrogen-bond acceptors (Lipinski definition) is 1. The molecule has 0 atom stereocenters. The third-order valence-corrected chi connectivity index (χ3v) is 2.75. The molecule has 0 spiro atoms. The van der Waals surface area contributed by atoms with Gasteiger partial charge in [0.25, 0.3) is 0 Å². The van der Waals surface area contributed by atoms with Crippen LogP contribution in [0.1, 0.15) is 46.0 Å². The van der Waals surface area contributed by atoms with E-state index in [9.17, 15) is 4.79 Å². The summed E-state index contributed by atoms with van der Waals surface area (Å²) in [6.07, 6.45) is 8.63. The molecule has 0 amide bonds. The second kappa shape index (κ2) is 3.88. The lowest BCUT2D eigenvalue weighted by atomic mass is 9.75.